The van der Waals surface area contributed by atoms with E-state index in [-0.39, 0.29) is 38.2 Å². The quantitative estimate of drug-likeness (QED) is 0.533. The fraction of sp³-hybridized carbons (Fsp3) is 0.364. The molecule has 3 N–H and O–H groups in total. The van der Waals surface area contributed by atoms with Crippen LogP contribution in [0.5, 0.6) is 0 Å². The molecular formula is C22H24FN7O5. The molecule has 13 heteroatoms. The molecule has 0 bridgehead atoms. The molecule has 1 fully saturated rings. The second-order valence-corrected chi connectivity index (χ2v) is 7.95. The molecule has 2 aliphatic rings. The first-order valence-corrected chi connectivity index (χ1v) is 10.9. The fourth-order valence-electron chi connectivity index (χ4n) is 3.58. The predicted molar refractivity (Wildman–Crippen MR) is 122 cm³/mol. The number of nitrogens with two attached hydrogens (primary N) is 1. The molecule has 3 heterocycles. The standard InChI is InChI=1S/C22H24FN7O5/c1-13(31)25-9-17-11-29(22(33)35-17)16-3-4-18(19(23)6-16)14-2-5-20(26-8-14)30-10-15(27-28-30)12-34-21(32)7-24/h2-6,8,15,17H,7,9-12,24H2,1H3,(H,25,31)/t15?,17-/m0/s1. The molecule has 184 valence electrons. The number of nitrogens with zero attached hydrogens (tertiary/aromatic N) is 5. The van der Waals surface area contributed by atoms with Crippen LogP contribution < -0.4 is 21.0 Å². The van der Waals surface area contributed by atoms with E-state index in [1.807, 2.05) is 0 Å². The van der Waals surface area contributed by atoms with Crippen molar-refractivity contribution in [3.05, 3.63) is 42.3 Å². The van der Waals surface area contributed by atoms with Crippen molar-refractivity contribution >= 4 is 29.5 Å². The number of anilines is 2. The number of amides is 2. The zero-order valence-corrected chi connectivity index (χ0v) is 18.9. The molecule has 2 aromatic rings. The maximum atomic E-state index is 14.9. The Balaban J connectivity index is 1.39. The van der Waals surface area contributed by atoms with Gasteiger partial charge in [0.1, 0.15) is 30.4 Å². The van der Waals surface area contributed by atoms with Gasteiger partial charge in [0.15, 0.2) is 0 Å². The summed E-state index contributed by atoms with van der Waals surface area (Å²) < 4.78 is 25.1. The van der Waals surface area contributed by atoms with Crippen LogP contribution in [0.1, 0.15) is 6.92 Å². The minimum Gasteiger partial charge on any atom is -0.462 e. The van der Waals surface area contributed by atoms with Crippen molar-refractivity contribution in [2.75, 3.05) is 42.7 Å². The number of rotatable bonds is 8. The van der Waals surface area contributed by atoms with Gasteiger partial charge in [0.2, 0.25) is 5.91 Å². The molecule has 2 aliphatic heterocycles. The smallest absolute Gasteiger partial charge is 0.414 e. The predicted octanol–water partition coefficient (Wildman–Crippen LogP) is 1.41. The molecule has 12 nitrogen and oxygen atoms in total. The van der Waals surface area contributed by atoms with E-state index in [2.05, 4.69) is 20.6 Å². The maximum absolute atomic E-state index is 14.9. The van der Waals surface area contributed by atoms with E-state index in [0.717, 1.165) is 0 Å². The zero-order chi connectivity index (χ0) is 24.9. The molecule has 2 atom stereocenters. The van der Waals surface area contributed by atoms with Crippen LogP contribution in [-0.2, 0) is 19.1 Å². The Morgan fingerprint density at radius 3 is 2.80 bits per heavy atom. The van der Waals surface area contributed by atoms with Crippen molar-refractivity contribution < 1.29 is 28.2 Å². The van der Waals surface area contributed by atoms with Crippen LogP contribution in [0.2, 0.25) is 0 Å². The SMILES string of the molecule is CC(=O)NC[C@H]1CN(c2ccc(-c3ccc(N4CC(COC(=O)CN)N=N4)nc3)c(F)c2)C(=O)O1. The van der Waals surface area contributed by atoms with Gasteiger partial charge in [0.05, 0.1) is 31.9 Å². The Kier molecular flexibility index (Phi) is 7.15. The first-order chi connectivity index (χ1) is 16.8. The lowest BCUT2D eigenvalue weighted by atomic mass is 10.1. The first kappa shape index (κ1) is 24.0. The normalized spacial score (nSPS) is 19.1. The number of nitrogens with one attached hydrogen (secondary N) is 1. The molecular weight excluding hydrogens is 461 g/mol. The summed E-state index contributed by atoms with van der Waals surface area (Å²) in [5.41, 5.74) is 6.41. The number of esters is 1. The third-order valence-corrected chi connectivity index (χ3v) is 5.35. The Hall–Kier alpha value is -4.13. The molecule has 2 amide bonds. The van der Waals surface area contributed by atoms with Gasteiger partial charge in [-0.3, -0.25) is 14.5 Å². The highest BCUT2D eigenvalue weighted by Crippen LogP contribution is 2.30. The molecule has 1 aromatic heterocycles. The largest absolute Gasteiger partial charge is 0.462 e. The second-order valence-electron chi connectivity index (χ2n) is 7.95. The average Bonchev–Trinajstić information content (AvgIpc) is 3.48. The minimum absolute atomic E-state index is 0.0736. The van der Waals surface area contributed by atoms with Crippen molar-refractivity contribution in [2.45, 2.75) is 19.1 Å². The number of hydrogen-bond donors (Lipinski definition) is 2. The first-order valence-electron chi connectivity index (χ1n) is 10.9. The molecule has 4 rings (SSSR count). The van der Waals surface area contributed by atoms with E-state index in [1.54, 1.807) is 29.3 Å². The molecule has 1 unspecified atom stereocenters. The summed E-state index contributed by atoms with van der Waals surface area (Å²) in [5, 5.41) is 12.2. The fourth-order valence-corrected chi connectivity index (χ4v) is 3.58. The number of pyridine rings is 1. The van der Waals surface area contributed by atoms with Gasteiger partial charge in [-0.2, -0.15) is 5.11 Å². The Morgan fingerprint density at radius 1 is 1.29 bits per heavy atom. The Morgan fingerprint density at radius 2 is 2.11 bits per heavy atom. The van der Waals surface area contributed by atoms with Gasteiger partial charge in [-0.1, -0.05) is 5.22 Å². The van der Waals surface area contributed by atoms with E-state index in [9.17, 15) is 18.8 Å². The summed E-state index contributed by atoms with van der Waals surface area (Å²) >= 11 is 0. The highest BCUT2D eigenvalue weighted by atomic mass is 19.1. The van der Waals surface area contributed by atoms with E-state index in [4.69, 9.17) is 15.2 Å². The van der Waals surface area contributed by atoms with Crippen molar-refractivity contribution in [3.8, 4) is 11.1 Å². The average molecular weight is 485 g/mol. The van der Waals surface area contributed by atoms with E-state index in [0.29, 0.717) is 29.2 Å². The lowest BCUT2D eigenvalue weighted by Gasteiger charge is -2.15. The van der Waals surface area contributed by atoms with Gasteiger partial charge in [-0.05, 0) is 30.3 Å². The number of halogens is 1. The second kappa shape index (κ2) is 10.4. The lowest BCUT2D eigenvalue weighted by Crippen LogP contribution is -2.33. The van der Waals surface area contributed by atoms with Crippen LogP contribution in [0.25, 0.3) is 11.1 Å². The summed E-state index contributed by atoms with van der Waals surface area (Å²) in [6.45, 7) is 2.01. The van der Waals surface area contributed by atoms with E-state index in [1.165, 1.54) is 24.1 Å². The molecule has 0 saturated carbocycles. The summed E-state index contributed by atoms with van der Waals surface area (Å²) in [6, 6.07) is 7.50. The highest BCUT2D eigenvalue weighted by molar-refractivity contribution is 5.90. The molecule has 0 radical (unpaired) electrons. The monoisotopic (exact) mass is 485 g/mol. The van der Waals surface area contributed by atoms with Gasteiger partial charge in [0.25, 0.3) is 0 Å². The van der Waals surface area contributed by atoms with Crippen molar-refractivity contribution in [1.82, 2.24) is 10.3 Å². The van der Waals surface area contributed by atoms with Gasteiger partial charge < -0.3 is 20.5 Å². The number of carbonyl (C=O) groups excluding carboxylic acids is 3. The number of carbonyl (C=O) groups is 3. The number of hydrogen-bond acceptors (Lipinski definition) is 10. The van der Waals surface area contributed by atoms with E-state index < -0.39 is 24.0 Å². The van der Waals surface area contributed by atoms with Crippen LogP contribution >= 0.6 is 0 Å². The van der Waals surface area contributed by atoms with Gasteiger partial charge in [-0.25, -0.2) is 19.2 Å². The van der Waals surface area contributed by atoms with Crippen molar-refractivity contribution in [3.63, 3.8) is 0 Å². The molecule has 1 aromatic carbocycles. The lowest BCUT2D eigenvalue weighted by molar-refractivity contribution is -0.142. The summed E-state index contributed by atoms with van der Waals surface area (Å²) in [6.07, 6.45) is 0.397. The highest BCUT2D eigenvalue weighted by Gasteiger charge is 2.32. The molecule has 35 heavy (non-hydrogen) atoms. The number of aromatic nitrogens is 1. The van der Waals surface area contributed by atoms with Gasteiger partial charge >= 0.3 is 12.1 Å². The summed E-state index contributed by atoms with van der Waals surface area (Å²) in [4.78, 5) is 40.1. The van der Waals surface area contributed by atoms with Crippen LogP contribution in [0.15, 0.2) is 46.9 Å². The summed E-state index contributed by atoms with van der Waals surface area (Å²) in [7, 11) is 0. The van der Waals surface area contributed by atoms with Gasteiger partial charge in [0, 0.05) is 24.2 Å². The van der Waals surface area contributed by atoms with Crippen molar-refractivity contribution in [2.24, 2.45) is 16.1 Å². The Labute approximate surface area is 199 Å². The number of cyclic esters (lactones) is 1. The zero-order valence-electron chi connectivity index (χ0n) is 18.9. The third kappa shape index (κ3) is 5.69. The minimum atomic E-state index is -0.602. The topological polar surface area (TPSA) is 152 Å². The Bertz CT molecular complexity index is 1140. The number of benzene rings is 1. The van der Waals surface area contributed by atoms with Crippen molar-refractivity contribution in [1.29, 1.82) is 0 Å². The van der Waals surface area contributed by atoms with Crippen LogP contribution in [-0.4, -0.2) is 67.9 Å². The van der Waals surface area contributed by atoms with E-state index >= 15 is 0 Å². The third-order valence-electron chi connectivity index (χ3n) is 5.35. The maximum Gasteiger partial charge on any atom is 0.414 e. The molecule has 0 aliphatic carbocycles. The van der Waals surface area contributed by atoms with Crippen LogP contribution in [0.3, 0.4) is 0 Å². The van der Waals surface area contributed by atoms with Crippen LogP contribution in [0.4, 0.5) is 20.7 Å². The van der Waals surface area contributed by atoms with Crippen LogP contribution in [0, 0.1) is 5.82 Å². The molecule has 0 spiro atoms. The molecule has 1 saturated heterocycles. The summed E-state index contributed by atoms with van der Waals surface area (Å²) in [5.74, 6) is -0.763. The number of ether oxygens (including phenoxy) is 2. The van der Waals surface area contributed by atoms with Gasteiger partial charge in [-0.15, -0.1) is 0 Å².